The Morgan fingerprint density at radius 2 is 1.96 bits per heavy atom. The van der Waals surface area contributed by atoms with Crippen molar-refractivity contribution in [3.8, 4) is 23.0 Å². The molecule has 0 spiro atoms. The Morgan fingerprint density at radius 3 is 2.68 bits per heavy atom. The van der Waals surface area contributed by atoms with E-state index >= 15 is 0 Å². The molecule has 2 aromatic carbocycles. The van der Waals surface area contributed by atoms with Crippen LogP contribution in [0.5, 0.6) is 11.5 Å². The van der Waals surface area contributed by atoms with E-state index in [4.69, 9.17) is 13.9 Å². The van der Waals surface area contributed by atoms with Crippen molar-refractivity contribution in [2.75, 3.05) is 19.5 Å². The lowest BCUT2D eigenvalue weighted by molar-refractivity contribution is 0.102. The molecule has 1 amide bonds. The Balaban J connectivity index is 1.82. The number of aromatic nitrogens is 2. The maximum absolute atomic E-state index is 13.3. The van der Waals surface area contributed by atoms with E-state index in [1.807, 2.05) is 0 Å². The van der Waals surface area contributed by atoms with Gasteiger partial charge in [-0.2, -0.15) is 0 Å². The Morgan fingerprint density at radius 1 is 1.12 bits per heavy atom. The van der Waals surface area contributed by atoms with E-state index in [0.29, 0.717) is 17.1 Å². The Labute approximate surface area is 142 Å². The molecule has 8 heteroatoms. The minimum atomic E-state index is -0.509. The fraction of sp³-hybridized carbons (Fsp3) is 0.118. The number of hydrogen-bond donors (Lipinski definition) is 1. The summed E-state index contributed by atoms with van der Waals surface area (Å²) in [5, 5.41) is 10.0. The quantitative estimate of drug-likeness (QED) is 0.766. The Hall–Kier alpha value is -3.42. The van der Waals surface area contributed by atoms with Gasteiger partial charge in [-0.05, 0) is 36.4 Å². The lowest BCUT2D eigenvalue weighted by Crippen LogP contribution is -2.13. The van der Waals surface area contributed by atoms with Crippen molar-refractivity contribution in [1.82, 2.24) is 10.2 Å². The maximum atomic E-state index is 13.3. The number of amides is 1. The summed E-state index contributed by atoms with van der Waals surface area (Å²) in [6.45, 7) is 0. The highest BCUT2D eigenvalue weighted by molar-refractivity contribution is 6.05. The molecular weight excluding hydrogens is 329 g/mol. The smallest absolute Gasteiger partial charge is 0.322 e. The summed E-state index contributed by atoms with van der Waals surface area (Å²) in [7, 11) is 2.94. The van der Waals surface area contributed by atoms with E-state index in [1.165, 1.54) is 38.5 Å². The van der Waals surface area contributed by atoms with Crippen molar-refractivity contribution in [2.45, 2.75) is 0 Å². The number of carbonyl (C=O) groups excluding carboxylic acids is 1. The summed E-state index contributed by atoms with van der Waals surface area (Å²) < 4.78 is 28.9. The molecule has 0 aliphatic carbocycles. The van der Waals surface area contributed by atoms with Gasteiger partial charge in [0.15, 0.2) is 0 Å². The number of nitrogens with zero attached hydrogens (tertiary/aromatic N) is 2. The minimum absolute atomic E-state index is 0.0902. The molecule has 1 heterocycles. The van der Waals surface area contributed by atoms with Crippen LogP contribution in [0.4, 0.5) is 10.4 Å². The van der Waals surface area contributed by atoms with Crippen LogP contribution >= 0.6 is 0 Å². The van der Waals surface area contributed by atoms with Gasteiger partial charge in [0, 0.05) is 5.56 Å². The second-order valence-electron chi connectivity index (χ2n) is 4.94. The van der Waals surface area contributed by atoms with Gasteiger partial charge in [0.2, 0.25) is 5.89 Å². The van der Waals surface area contributed by atoms with E-state index in [-0.39, 0.29) is 17.5 Å². The van der Waals surface area contributed by atoms with Gasteiger partial charge >= 0.3 is 6.01 Å². The number of anilines is 1. The monoisotopic (exact) mass is 343 g/mol. The Bertz CT molecular complexity index is 910. The molecule has 128 valence electrons. The topological polar surface area (TPSA) is 86.5 Å². The molecule has 0 bridgehead atoms. The molecule has 1 aromatic heterocycles. The standard InChI is InChI=1S/C17H14FN3O4/c1-23-12-6-7-14(24-2)13(9-12)15(22)19-17-21-20-16(25-17)10-4-3-5-11(18)8-10/h3-9H,1-2H3,(H,19,21,22). The zero-order chi connectivity index (χ0) is 17.8. The van der Waals surface area contributed by atoms with Crippen molar-refractivity contribution in [3.05, 3.63) is 53.8 Å². The molecule has 7 nitrogen and oxygen atoms in total. The number of methoxy groups -OCH3 is 2. The second-order valence-corrected chi connectivity index (χ2v) is 4.94. The number of nitrogens with one attached hydrogen (secondary N) is 1. The van der Waals surface area contributed by atoms with Crippen LogP contribution in [0.2, 0.25) is 0 Å². The van der Waals surface area contributed by atoms with Gasteiger partial charge in [-0.25, -0.2) is 4.39 Å². The van der Waals surface area contributed by atoms with Crippen molar-refractivity contribution in [2.24, 2.45) is 0 Å². The fourth-order valence-electron chi connectivity index (χ4n) is 2.17. The number of halogens is 1. The maximum Gasteiger partial charge on any atom is 0.322 e. The van der Waals surface area contributed by atoms with E-state index in [1.54, 1.807) is 18.2 Å². The first-order chi connectivity index (χ1) is 12.1. The summed E-state index contributed by atoms with van der Waals surface area (Å²) >= 11 is 0. The highest BCUT2D eigenvalue weighted by Gasteiger charge is 2.17. The molecule has 0 aliphatic rings. The summed E-state index contributed by atoms with van der Waals surface area (Å²) in [6, 6.07) is 10.4. The first-order valence-corrected chi connectivity index (χ1v) is 7.23. The molecule has 0 aliphatic heterocycles. The molecule has 0 radical (unpaired) electrons. The average molecular weight is 343 g/mol. The van der Waals surface area contributed by atoms with Crippen LogP contribution in [0.25, 0.3) is 11.5 Å². The van der Waals surface area contributed by atoms with Crippen LogP contribution in [0.1, 0.15) is 10.4 Å². The summed E-state index contributed by atoms with van der Waals surface area (Å²) in [5.41, 5.74) is 0.652. The number of ether oxygens (including phenoxy) is 2. The van der Waals surface area contributed by atoms with Crippen LogP contribution in [0, 0.1) is 5.82 Å². The van der Waals surface area contributed by atoms with E-state index in [0.717, 1.165) is 0 Å². The van der Waals surface area contributed by atoms with Gasteiger partial charge < -0.3 is 13.9 Å². The van der Waals surface area contributed by atoms with Gasteiger partial charge in [-0.3, -0.25) is 10.1 Å². The molecule has 25 heavy (non-hydrogen) atoms. The highest BCUT2D eigenvalue weighted by atomic mass is 19.1. The summed E-state index contributed by atoms with van der Waals surface area (Å²) in [6.07, 6.45) is 0. The van der Waals surface area contributed by atoms with Crippen molar-refractivity contribution in [1.29, 1.82) is 0 Å². The second kappa shape index (κ2) is 7.00. The molecule has 0 fully saturated rings. The molecule has 0 saturated carbocycles. The summed E-state index contributed by atoms with van der Waals surface area (Å²) in [5.74, 6) is 0.0140. The predicted molar refractivity (Wildman–Crippen MR) is 87.2 cm³/mol. The highest BCUT2D eigenvalue weighted by Crippen LogP contribution is 2.25. The number of hydrogen-bond acceptors (Lipinski definition) is 6. The van der Waals surface area contributed by atoms with Crippen LogP contribution < -0.4 is 14.8 Å². The molecule has 3 rings (SSSR count). The third-order valence-electron chi connectivity index (χ3n) is 3.37. The van der Waals surface area contributed by atoms with Gasteiger partial charge in [-0.15, -0.1) is 5.10 Å². The van der Waals surface area contributed by atoms with Gasteiger partial charge in [0.1, 0.15) is 17.3 Å². The van der Waals surface area contributed by atoms with Crippen LogP contribution in [0.15, 0.2) is 46.9 Å². The zero-order valence-corrected chi connectivity index (χ0v) is 13.4. The molecule has 1 N–H and O–H groups in total. The van der Waals surface area contributed by atoms with Crippen molar-refractivity contribution >= 4 is 11.9 Å². The van der Waals surface area contributed by atoms with E-state index in [2.05, 4.69) is 15.5 Å². The molecular formula is C17H14FN3O4. The number of rotatable bonds is 5. The molecule has 3 aromatic rings. The normalized spacial score (nSPS) is 10.4. The molecule has 0 unspecified atom stereocenters. The molecule has 0 atom stereocenters. The van der Waals surface area contributed by atoms with Crippen LogP contribution in [-0.4, -0.2) is 30.3 Å². The largest absolute Gasteiger partial charge is 0.497 e. The first kappa shape index (κ1) is 16.4. The third-order valence-corrected chi connectivity index (χ3v) is 3.37. The molecule has 0 saturated heterocycles. The van der Waals surface area contributed by atoms with Crippen LogP contribution in [-0.2, 0) is 0 Å². The zero-order valence-electron chi connectivity index (χ0n) is 13.4. The van der Waals surface area contributed by atoms with Gasteiger partial charge in [0.25, 0.3) is 5.91 Å². The first-order valence-electron chi connectivity index (χ1n) is 7.23. The average Bonchev–Trinajstić information content (AvgIpc) is 3.09. The van der Waals surface area contributed by atoms with Gasteiger partial charge in [0.05, 0.1) is 19.8 Å². The van der Waals surface area contributed by atoms with Crippen molar-refractivity contribution in [3.63, 3.8) is 0 Å². The lowest BCUT2D eigenvalue weighted by Gasteiger charge is -2.09. The van der Waals surface area contributed by atoms with E-state index in [9.17, 15) is 9.18 Å². The fourth-order valence-corrected chi connectivity index (χ4v) is 2.17. The SMILES string of the molecule is COc1ccc(OC)c(C(=O)Nc2nnc(-c3cccc(F)c3)o2)c1. The lowest BCUT2D eigenvalue weighted by atomic mass is 10.1. The van der Waals surface area contributed by atoms with Gasteiger partial charge in [-0.1, -0.05) is 11.2 Å². The van der Waals surface area contributed by atoms with E-state index < -0.39 is 11.7 Å². The Kier molecular flexibility index (Phi) is 4.60. The number of benzene rings is 2. The van der Waals surface area contributed by atoms with Crippen LogP contribution in [0.3, 0.4) is 0 Å². The van der Waals surface area contributed by atoms with Crippen molar-refractivity contribution < 1.29 is 23.1 Å². The predicted octanol–water partition coefficient (Wildman–Crippen LogP) is 3.15. The summed E-state index contributed by atoms with van der Waals surface area (Å²) in [4.78, 5) is 12.4. The third kappa shape index (κ3) is 3.57. The number of carbonyl (C=O) groups is 1. The minimum Gasteiger partial charge on any atom is -0.497 e.